The predicted molar refractivity (Wildman–Crippen MR) is 118 cm³/mol. The fourth-order valence-electron chi connectivity index (χ4n) is 2.88. The molecule has 0 aliphatic heterocycles. The van der Waals surface area contributed by atoms with Gasteiger partial charge < -0.3 is 28.4 Å². The zero-order valence-electron chi connectivity index (χ0n) is 19.3. The van der Waals surface area contributed by atoms with Gasteiger partial charge >= 0.3 is 18.9 Å². The predicted octanol–water partition coefficient (Wildman–Crippen LogP) is 1.06. The van der Waals surface area contributed by atoms with Gasteiger partial charge in [0.1, 0.15) is 40.1 Å². The van der Waals surface area contributed by atoms with Gasteiger partial charge in [-0.1, -0.05) is 0 Å². The Morgan fingerprint density at radius 3 is 1.55 bits per heavy atom. The molecule has 0 fully saturated rings. The van der Waals surface area contributed by atoms with E-state index < -0.39 is 0 Å². The van der Waals surface area contributed by atoms with Gasteiger partial charge in [0.25, 0.3) is 0 Å². The molecule has 2 aromatic rings. The minimum atomic E-state index is -0.278. The first-order valence-corrected chi connectivity index (χ1v) is 10.7. The monoisotopic (exact) mass is 443 g/mol. The van der Waals surface area contributed by atoms with Crippen molar-refractivity contribution in [2.75, 3.05) is 41.2 Å². The normalized spacial score (nSPS) is 10.4. The van der Waals surface area contributed by atoms with Crippen LogP contribution in [0.15, 0.2) is 24.3 Å². The first-order valence-electron chi connectivity index (χ1n) is 9.70. The number of ether oxygens (including phenoxy) is 6. The van der Waals surface area contributed by atoms with Crippen LogP contribution in [0.2, 0.25) is 0 Å². The summed E-state index contributed by atoms with van der Waals surface area (Å²) in [6.45, 7) is 7.08. The fourth-order valence-corrected chi connectivity index (χ4v) is 4.02. The van der Waals surface area contributed by atoms with Crippen LogP contribution >= 0.6 is 8.58 Å². The topological polar surface area (TPSA) is 72.5 Å². The second-order valence-corrected chi connectivity index (χ2v) is 7.16. The van der Waals surface area contributed by atoms with Crippen LogP contribution in [-0.2, 0) is 0 Å². The number of methoxy groups -OCH3 is 3. The van der Waals surface area contributed by atoms with Crippen LogP contribution in [-0.4, -0.2) is 46.7 Å². The van der Waals surface area contributed by atoms with E-state index in [1.165, 1.54) is 14.2 Å². The summed E-state index contributed by atoms with van der Waals surface area (Å²) in [6, 6.07) is 6.89. The van der Waals surface area contributed by atoms with Crippen molar-refractivity contribution in [3.63, 3.8) is 0 Å². The van der Waals surface area contributed by atoms with Crippen molar-refractivity contribution in [1.82, 2.24) is 0 Å². The maximum Gasteiger partial charge on any atom is 1.00 e. The molecule has 2 aromatic carbocycles. The summed E-state index contributed by atoms with van der Waals surface area (Å²) in [5, 5.41) is 0.673. The van der Waals surface area contributed by atoms with E-state index in [2.05, 4.69) is 0 Å². The van der Waals surface area contributed by atoms with Crippen LogP contribution in [0.4, 0.5) is 0 Å². The molecule has 0 aliphatic carbocycles. The van der Waals surface area contributed by atoms with E-state index in [9.17, 15) is 4.79 Å². The summed E-state index contributed by atoms with van der Waals surface area (Å²) in [4.78, 5) is 13.4. The van der Waals surface area contributed by atoms with Crippen molar-refractivity contribution >= 4 is 19.4 Å². The average molecular weight is 443 g/mol. The molecule has 0 saturated carbocycles. The Morgan fingerprint density at radius 2 is 1.16 bits per heavy atom. The molecule has 9 heteroatoms. The largest absolute Gasteiger partial charge is 1.00 e. The standard InChI is InChI=1S/C22H29O7P.Li/c1-7-27-15-12-18(28-8-2)21(19(13-15)29-9-3)30-22(23)20-16(25-5)10-14(24-4)11-17(20)26-6;/h10-13,30H,7-9H2,1-6H3;/q;+1. The summed E-state index contributed by atoms with van der Waals surface area (Å²) in [5.74, 6) is 3.05. The Balaban J connectivity index is 0.00000480. The maximum absolute atomic E-state index is 13.4. The molecular formula is C22H29LiO7P+. The molecule has 0 N–H and O–H groups in total. The average Bonchev–Trinajstić information content (AvgIpc) is 2.75. The summed E-state index contributed by atoms with van der Waals surface area (Å²) >= 11 is 0. The van der Waals surface area contributed by atoms with Crippen LogP contribution in [0, 0.1) is 0 Å². The third kappa shape index (κ3) is 6.71. The Labute approximate surface area is 197 Å². The van der Waals surface area contributed by atoms with Crippen molar-refractivity contribution in [3.05, 3.63) is 29.8 Å². The first kappa shape index (κ1) is 27.0. The van der Waals surface area contributed by atoms with Gasteiger partial charge in [0, 0.05) is 24.3 Å². The fraction of sp³-hybridized carbons (Fsp3) is 0.409. The minimum Gasteiger partial charge on any atom is -0.496 e. The van der Waals surface area contributed by atoms with Crippen LogP contribution in [0.3, 0.4) is 0 Å². The Hall–Kier alpha value is -2.06. The first-order chi connectivity index (χ1) is 14.5. The van der Waals surface area contributed by atoms with Crippen molar-refractivity contribution in [2.24, 2.45) is 0 Å². The van der Waals surface area contributed by atoms with Crippen LogP contribution in [0.25, 0.3) is 0 Å². The summed E-state index contributed by atoms with van der Waals surface area (Å²) in [5.41, 5.74) is 0.176. The van der Waals surface area contributed by atoms with E-state index in [0.717, 1.165) is 0 Å². The van der Waals surface area contributed by atoms with Gasteiger partial charge in [0.05, 0.1) is 46.5 Å². The van der Waals surface area contributed by atoms with E-state index in [-0.39, 0.29) is 33.0 Å². The van der Waals surface area contributed by atoms with E-state index in [1.54, 1.807) is 31.4 Å². The Morgan fingerprint density at radius 1 is 0.710 bits per heavy atom. The molecule has 0 aliphatic rings. The number of rotatable bonds is 12. The molecule has 0 aromatic heterocycles. The van der Waals surface area contributed by atoms with E-state index in [1.807, 2.05) is 20.8 Å². The Bertz CT molecular complexity index is 821. The zero-order chi connectivity index (χ0) is 22.1. The molecule has 2 rings (SSSR count). The number of carbonyl (C=O) groups excluding carboxylic acids is 1. The second-order valence-electron chi connectivity index (χ2n) is 5.95. The molecule has 0 bridgehead atoms. The van der Waals surface area contributed by atoms with Gasteiger partial charge in [0.15, 0.2) is 5.52 Å². The molecule has 0 heterocycles. The number of benzene rings is 2. The van der Waals surface area contributed by atoms with Crippen LogP contribution < -0.4 is 52.6 Å². The molecule has 7 nitrogen and oxygen atoms in total. The Kier molecular flexibility index (Phi) is 11.6. The van der Waals surface area contributed by atoms with Crippen LogP contribution in [0.5, 0.6) is 34.5 Å². The van der Waals surface area contributed by atoms with Gasteiger partial charge in [-0.25, -0.2) is 0 Å². The van der Waals surface area contributed by atoms with Gasteiger partial charge in [-0.05, 0) is 29.4 Å². The van der Waals surface area contributed by atoms with Crippen molar-refractivity contribution in [2.45, 2.75) is 20.8 Å². The van der Waals surface area contributed by atoms with E-state index in [4.69, 9.17) is 28.4 Å². The summed E-state index contributed by atoms with van der Waals surface area (Å²) in [7, 11) is 4.27. The maximum atomic E-state index is 13.4. The molecule has 31 heavy (non-hydrogen) atoms. The van der Waals surface area contributed by atoms with Crippen molar-refractivity contribution in [1.29, 1.82) is 0 Å². The number of carbonyl (C=O) groups is 1. The zero-order valence-corrected chi connectivity index (χ0v) is 20.3. The van der Waals surface area contributed by atoms with E-state index in [0.29, 0.717) is 65.2 Å². The van der Waals surface area contributed by atoms with Gasteiger partial charge in [-0.15, -0.1) is 0 Å². The van der Waals surface area contributed by atoms with Crippen LogP contribution in [0.1, 0.15) is 31.1 Å². The van der Waals surface area contributed by atoms with Crippen molar-refractivity contribution in [3.8, 4) is 34.5 Å². The number of hydrogen-bond donors (Lipinski definition) is 0. The van der Waals surface area contributed by atoms with Gasteiger partial charge in [0.2, 0.25) is 0 Å². The molecule has 1 unspecified atom stereocenters. The smallest absolute Gasteiger partial charge is 0.496 e. The van der Waals surface area contributed by atoms with Crippen molar-refractivity contribution < 1.29 is 52.1 Å². The molecule has 0 radical (unpaired) electrons. The molecule has 1 atom stereocenters. The van der Waals surface area contributed by atoms with Gasteiger partial charge in [-0.3, -0.25) is 4.79 Å². The molecule has 0 spiro atoms. The summed E-state index contributed by atoms with van der Waals surface area (Å²) in [6.07, 6.45) is 0. The number of hydrogen-bond acceptors (Lipinski definition) is 7. The minimum absolute atomic E-state index is 0. The quantitative estimate of drug-likeness (QED) is 0.359. The second kappa shape index (κ2) is 13.4. The summed E-state index contributed by atoms with van der Waals surface area (Å²) < 4.78 is 33.4. The molecule has 164 valence electrons. The molecule has 0 saturated heterocycles. The third-order valence-corrected chi connectivity index (χ3v) is 5.35. The third-order valence-electron chi connectivity index (χ3n) is 4.13. The van der Waals surface area contributed by atoms with E-state index >= 15 is 0 Å². The van der Waals surface area contributed by atoms with Gasteiger partial charge in [-0.2, -0.15) is 0 Å². The molecular weight excluding hydrogens is 414 g/mol. The molecule has 0 amide bonds. The SMILES string of the molecule is CCOc1cc(OCC)c(PC(=O)c2c(OC)cc(OC)cc2OC)c(OCC)c1.[Li+].